The molecular formula is C23H27ClF3N5O2. The van der Waals surface area contributed by atoms with Gasteiger partial charge in [-0.2, -0.15) is 13.2 Å². The fourth-order valence-electron chi connectivity index (χ4n) is 4.17. The molecule has 3 N–H and O–H groups in total. The Labute approximate surface area is 200 Å². The average molecular weight is 498 g/mol. The van der Waals surface area contributed by atoms with Gasteiger partial charge < -0.3 is 20.7 Å². The number of piperidine rings is 1. The van der Waals surface area contributed by atoms with Crippen molar-refractivity contribution in [2.24, 2.45) is 11.8 Å². The van der Waals surface area contributed by atoms with Crippen LogP contribution in [0.5, 0.6) is 0 Å². The van der Waals surface area contributed by atoms with Gasteiger partial charge in [0.2, 0.25) is 5.91 Å². The molecule has 0 aliphatic carbocycles. The monoisotopic (exact) mass is 497 g/mol. The molecule has 2 aromatic rings. The minimum atomic E-state index is -4.31. The highest BCUT2D eigenvalue weighted by molar-refractivity contribution is 6.33. The molecule has 4 rings (SSSR count). The van der Waals surface area contributed by atoms with Gasteiger partial charge in [-0.3, -0.25) is 4.79 Å². The highest BCUT2D eigenvalue weighted by Crippen LogP contribution is 2.31. The molecule has 2 aromatic heterocycles. The van der Waals surface area contributed by atoms with Crippen LogP contribution >= 0.6 is 11.6 Å². The van der Waals surface area contributed by atoms with E-state index in [0.29, 0.717) is 22.2 Å². The van der Waals surface area contributed by atoms with Crippen molar-refractivity contribution in [3.63, 3.8) is 0 Å². The summed E-state index contributed by atoms with van der Waals surface area (Å²) in [6, 6.07) is 5.61. The number of pyridine rings is 2. The molecule has 11 heteroatoms. The molecule has 4 heterocycles. The van der Waals surface area contributed by atoms with Crippen molar-refractivity contribution in [2.45, 2.75) is 37.9 Å². The van der Waals surface area contributed by atoms with Gasteiger partial charge in [0.25, 0.3) is 0 Å². The SMILES string of the molecule is O=C(Nc1cc(-c2cccc(NCC3CCOCC3)n2)c(Cl)cn1)[C@@H]1CC[C@@H](C(F)(F)F)NC1. The molecule has 34 heavy (non-hydrogen) atoms. The Morgan fingerprint density at radius 3 is 2.68 bits per heavy atom. The molecule has 2 aliphatic heterocycles. The maximum atomic E-state index is 12.8. The molecule has 0 bridgehead atoms. The second-order valence-electron chi connectivity index (χ2n) is 8.66. The van der Waals surface area contributed by atoms with Crippen LogP contribution in [0.3, 0.4) is 0 Å². The standard InChI is InChI=1S/C23H27ClF3N5O2/c24-17-13-30-21(32-22(33)15-4-5-19(28-12-15)23(25,26)27)10-16(17)18-2-1-3-20(31-18)29-11-14-6-8-34-9-7-14/h1-3,10,13-15,19,28H,4-9,11-12H2,(H,29,31)(H,30,32,33)/t15-,19+/m1/s1. The zero-order chi connectivity index (χ0) is 24.1. The van der Waals surface area contributed by atoms with Crippen molar-refractivity contribution < 1.29 is 22.7 Å². The summed E-state index contributed by atoms with van der Waals surface area (Å²) in [6.07, 6.45) is -0.854. The number of amides is 1. The maximum absolute atomic E-state index is 12.8. The van der Waals surface area contributed by atoms with Crippen molar-refractivity contribution in [1.29, 1.82) is 0 Å². The molecule has 2 aliphatic rings. The normalized spacial score (nSPS) is 21.8. The predicted molar refractivity (Wildman–Crippen MR) is 124 cm³/mol. The van der Waals surface area contributed by atoms with Crippen LogP contribution in [0.4, 0.5) is 24.8 Å². The van der Waals surface area contributed by atoms with Crippen LogP contribution in [0.2, 0.25) is 5.02 Å². The summed E-state index contributed by atoms with van der Waals surface area (Å²) in [6.45, 7) is 2.32. The third kappa shape index (κ3) is 6.37. The van der Waals surface area contributed by atoms with Crippen molar-refractivity contribution in [1.82, 2.24) is 15.3 Å². The molecule has 184 valence electrons. The van der Waals surface area contributed by atoms with Crippen LogP contribution in [0, 0.1) is 11.8 Å². The quantitative estimate of drug-likeness (QED) is 0.544. The molecular weight excluding hydrogens is 471 g/mol. The number of carbonyl (C=O) groups is 1. The van der Waals surface area contributed by atoms with Crippen molar-refractivity contribution in [3.05, 3.63) is 35.5 Å². The van der Waals surface area contributed by atoms with E-state index >= 15 is 0 Å². The molecule has 0 saturated carbocycles. The largest absolute Gasteiger partial charge is 0.403 e. The van der Waals surface area contributed by atoms with Gasteiger partial charge in [0, 0.05) is 38.1 Å². The fourth-order valence-corrected chi connectivity index (χ4v) is 4.37. The lowest BCUT2D eigenvalue weighted by atomic mass is 9.93. The number of aromatic nitrogens is 2. The van der Waals surface area contributed by atoms with Crippen molar-refractivity contribution in [2.75, 3.05) is 36.9 Å². The topological polar surface area (TPSA) is 88.2 Å². The summed E-state index contributed by atoms with van der Waals surface area (Å²) in [5, 5.41) is 8.85. The first-order valence-electron chi connectivity index (χ1n) is 11.3. The second-order valence-corrected chi connectivity index (χ2v) is 9.07. The van der Waals surface area contributed by atoms with E-state index in [2.05, 4.69) is 25.9 Å². The van der Waals surface area contributed by atoms with Gasteiger partial charge >= 0.3 is 6.18 Å². The van der Waals surface area contributed by atoms with Crippen LogP contribution in [0.15, 0.2) is 30.5 Å². The molecule has 2 fully saturated rings. The minimum Gasteiger partial charge on any atom is -0.381 e. The number of anilines is 2. The van der Waals surface area contributed by atoms with Gasteiger partial charge in [0.15, 0.2) is 0 Å². The van der Waals surface area contributed by atoms with E-state index in [0.717, 1.165) is 38.4 Å². The van der Waals surface area contributed by atoms with Gasteiger partial charge in [0.1, 0.15) is 17.7 Å². The first-order chi connectivity index (χ1) is 16.3. The summed E-state index contributed by atoms with van der Waals surface area (Å²) in [5.74, 6) is 0.565. The molecule has 7 nitrogen and oxygen atoms in total. The third-order valence-corrected chi connectivity index (χ3v) is 6.53. The maximum Gasteiger partial charge on any atom is 0.403 e. The Morgan fingerprint density at radius 2 is 1.97 bits per heavy atom. The van der Waals surface area contributed by atoms with E-state index in [1.807, 2.05) is 18.2 Å². The summed E-state index contributed by atoms with van der Waals surface area (Å²) >= 11 is 6.36. The third-order valence-electron chi connectivity index (χ3n) is 6.22. The van der Waals surface area contributed by atoms with Crippen LogP contribution in [0.1, 0.15) is 25.7 Å². The number of hydrogen-bond donors (Lipinski definition) is 3. The number of alkyl halides is 3. The van der Waals surface area contributed by atoms with E-state index in [1.54, 1.807) is 6.07 Å². The summed E-state index contributed by atoms with van der Waals surface area (Å²) in [4.78, 5) is 21.4. The van der Waals surface area contributed by atoms with Crippen LogP contribution in [-0.4, -0.2) is 54.4 Å². The minimum absolute atomic E-state index is 0.0428. The predicted octanol–water partition coefficient (Wildman–Crippen LogP) is 4.50. The zero-order valence-corrected chi connectivity index (χ0v) is 19.3. The van der Waals surface area contributed by atoms with E-state index < -0.39 is 18.1 Å². The molecule has 0 spiro atoms. The van der Waals surface area contributed by atoms with Crippen LogP contribution < -0.4 is 16.0 Å². The summed E-state index contributed by atoms with van der Waals surface area (Å²) < 4.78 is 43.9. The molecule has 0 unspecified atom stereocenters. The Kier molecular flexibility index (Phi) is 7.90. The van der Waals surface area contributed by atoms with Crippen LogP contribution in [-0.2, 0) is 9.53 Å². The Hall–Kier alpha value is -2.43. The second kappa shape index (κ2) is 10.9. The number of carbonyl (C=O) groups excluding carboxylic acids is 1. The number of ether oxygens (including phenoxy) is 1. The Balaban J connectivity index is 1.39. The van der Waals surface area contributed by atoms with Gasteiger partial charge in [-0.05, 0) is 49.8 Å². The van der Waals surface area contributed by atoms with Gasteiger partial charge in [0.05, 0.1) is 16.6 Å². The smallest absolute Gasteiger partial charge is 0.381 e. The molecule has 2 saturated heterocycles. The van der Waals surface area contributed by atoms with Crippen molar-refractivity contribution >= 4 is 29.1 Å². The average Bonchev–Trinajstić information content (AvgIpc) is 2.84. The number of halogens is 4. The summed E-state index contributed by atoms with van der Waals surface area (Å²) in [7, 11) is 0. The van der Waals surface area contributed by atoms with Gasteiger partial charge in [-0.1, -0.05) is 17.7 Å². The first kappa shape index (κ1) is 24.7. The van der Waals surface area contributed by atoms with Gasteiger partial charge in [-0.15, -0.1) is 0 Å². The number of nitrogens with one attached hydrogen (secondary N) is 3. The molecule has 2 atom stereocenters. The van der Waals surface area contributed by atoms with Crippen LogP contribution in [0.25, 0.3) is 11.3 Å². The molecule has 0 aromatic carbocycles. The highest BCUT2D eigenvalue weighted by atomic mass is 35.5. The zero-order valence-electron chi connectivity index (χ0n) is 18.5. The highest BCUT2D eigenvalue weighted by Gasteiger charge is 2.42. The fraction of sp³-hybridized carbons (Fsp3) is 0.522. The number of nitrogens with zero attached hydrogens (tertiary/aromatic N) is 2. The lowest BCUT2D eigenvalue weighted by Gasteiger charge is -2.30. The molecule has 1 amide bonds. The van der Waals surface area contributed by atoms with E-state index in [4.69, 9.17) is 16.3 Å². The first-order valence-corrected chi connectivity index (χ1v) is 11.7. The van der Waals surface area contributed by atoms with Crippen molar-refractivity contribution in [3.8, 4) is 11.3 Å². The van der Waals surface area contributed by atoms with E-state index in [9.17, 15) is 18.0 Å². The van der Waals surface area contributed by atoms with E-state index in [-0.39, 0.29) is 31.1 Å². The Morgan fingerprint density at radius 1 is 1.18 bits per heavy atom. The number of rotatable bonds is 6. The van der Waals surface area contributed by atoms with E-state index in [1.165, 1.54) is 6.20 Å². The molecule has 0 radical (unpaired) electrons. The Bertz CT molecular complexity index is 993. The summed E-state index contributed by atoms with van der Waals surface area (Å²) in [5.41, 5.74) is 1.22. The lowest BCUT2D eigenvalue weighted by molar-refractivity contribution is -0.163. The van der Waals surface area contributed by atoms with Gasteiger partial charge in [-0.25, -0.2) is 9.97 Å². The lowest BCUT2D eigenvalue weighted by Crippen LogP contribution is -2.50. The number of hydrogen-bond acceptors (Lipinski definition) is 6.